The molecule has 0 bridgehead atoms. The van der Waals surface area contributed by atoms with Crippen molar-refractivity contribution >= 4 is 24.8 Å². The highest BCUT2D eigenvalue weighted by atomic mass is 35.5. The topological polar surface area (TPSA) is 15.3 Å². The van der Waals surface area contributed by atoms with Crippen molar-refractivity contribution in [1.29, 1.82) is 0 Å². The highest BCUT2D eigenvalue weighted by molar-refractivity contribution is 5.85. The molecule has 1 saturated carbocycles. The molecule has 0 radical (unpaired) electrons. The van der Waals surface area contributed by atoms with Gasteiger partial charge in [0.25, 0.3) is 0 Å². The third-order valence-corrected chi connectivity index (χ3v) is 3.60. The van der Waals surface area contributed by atoms with Crippen molar-refractivity contribution in [1.82, 2.24) is 10.2 Å². The molecule has 0 spiro atoms. The lowest BCUT2D eigenvalue weighted by Gasteiger charge is -2.41. The van der Waals surface area contributed by atoms with Crippen molar-refractivity contribution < 1.29 is 0 Å². The van der Waals surface area contributed by atoms with E-state index in [-0.39, 0.29) is 24.8 Å². The van der Waals surface area contributed by atoms with Gasteiger partial charge in [-0.05, 0) is 19.8 Å². The van der Waals surface area contributed by atoms with Gasteiger partial charge >= 0.3 is 0 Å². The zero-order valence-electron chi connectivity index (χ0n) is 9.58. The second-order valence-corrected chi connectivity index (χ2v) is 4.58. The second-order valence-electron chi connectivity index (χ2n) is 4.58. The van der Waals surface area contributed by atoms with Gasteiger partial charge in [-0.1, -0.05) is 19.3 Å². The Morgan fingerprint density at radius 3 is 2.33 bits per heavy atom. The fraction of sp³-hybridized carbons (Fsp3) is 1.00. The van der Waals surface area contributed by atoms with E-state index in [1.807, 2.05) is 0 Å². The van der Waals surface area contributed by atoms with Crippen molar-refractivity contribution in [2.24, 2.45) is 0 Å². The smallest absolute Gasteiger partial charge is 0.0195 e. The molecule has 1 aliphatic carbocycles. The van der Waals surface area contributed by atoms with Crippen LogP contribution in [0.4, 0.5) is 0 Å². The maximum atomic E-state index is 3.46. The number of hydrogen-bond acceptors (Lipinski definition) is 2. The van der Waals surface area contributed by atoms with E-state index in [9.17, 15) is 0 Å². The Morgan fingerprint density at radius 2 is 1.73 bits per heavy atom. The summed E-state index contributed by atoms with van der Waals surface area (Å²) in [6, 6.07) is 1.67. The third-order valence-electron chi connectivity index (χ3n) is 3.60. The minimum Gasteiger partial charge on any atom is -0.314 e. The molecule has 92 valence electrons. The van der Waals surface area contributed by atoms with Crippen LogP contribution in [0.5, 0.6) is 0 Å². The van der Waals surface area contributed by atoms with Gasteiger partial charge in [0.1, 0.15) is 0 Å². The summed E-state index contributed by atoms with van der Waals surface area (Å²) in [6.07, 6.45) is 7.29. The van der Waals surface area contributed by atoms with Gasteiger partial charge in [0, 0.05) is 31.7 Å². The SMILES string of the molecule is C[C@H]1CNCCN1C1CCCCC1.Cl.Cl. The molecule has 1 atom stereocenters. The maximum absolute atomic E-state index is 3.46. The van der Waals surface area contributed by atoms with Gasteiger partial charge in [0.2, 0.25) is 0 Å². The molecular formula is C11H24Cl2N2. The van der Waals surface area contributed by atoms with Crippen LogP contribution in [0.25, 0.3) is 0 Å². The largest absolute Gasteiger partial charge is 0.314 e. The molecule has 4 heteroatoms. The first-order chi connectivity index (χ1) is 6.38. The molecule has 0 unspecified atom stereocenters. The normalized spacial score (nSPS) is 29.0. The first-order valence-electron chi connectivity index (χ1n) is 5.84. The average Bonchev–Trinajstić information content (AvgIpc) is 2.20. The average molecular weight is 255 g/mol. The number of piperazine rings is 1. The summed E-state index contributed by atoms with van der Waals surface area (Å²) < 4.78 is 0. The van der Waals surface area contributed by atoms with Gasteiger partial charge in [-0.15, -0.1) is 24.8 Å². The molecule has 1 aliphatic heterocycles. The summed E-state index contributed by atoms with van der Waals surface area (Å²) >= 11 is 0. The molecule has 2 aliphatic rings. The van der Waals surface area contributed by atoms with Gasteiger partial charge in [-0.3, -0.25) is 4.90 Å². The molecule has 15 heavy (non-hydrogen) atoms. The van der Waals surface area contributed by atoms with Crippen LogP contribution in [0.1, 0.15) is 39.0 Å². The van der Waals surface area contributed by atoms with Crippen molar-refractivity contribution in [2.75, 3.05) is 19.6 Å². The van der Waals surface area contributed by atoms with Crippen molar-refractivity contribution in [3.63, 3.8) is 0 Å². The molecule has 2 rings (SSSR count). The second kappa shape index (κ2) is 7.72. The quantitative estimate of drug-likeness (QED) is 0.774. The van der Waals surface area contributed by atoms with E-state index in [4.69, 9.17) is 0 Å². The summed E-state index contributed by atoms with van der Waals surface area (Å²) in [4.78, 5) is 2.73. The van der Waals surface area contributed by atoms with Gasteiger partial charge < -0.3 is 5.32 Å². The van der Waals surface area contributed by atoms with E-state index in [1.54, 1.807) is 0 Å². The van der Waals surface area contributed by atoms with Crippen LogP contribution in [0.3, 0.4) is 0 Å². The van der Waals surface area contributed by atoms with Gasteiger partial charge in [0.15, 0.2) is 0 Å². The summed E-state index contributed by atoms with van der Waals surface area (Å²) in [7, 11) is 0. The van der Waals surface area contributed by atoms with E-state index in [0.717, 1.165) is 12.1 Å². The number of halogens is 2. The summed E-state index contributed by atoms with van der Waals surface area (Å²) in [5.41, 5.74) is 0. The molecule has 2 fully saturated rings. The molecule has 1 heterocycles. The Bertz CT molecular complexity index is 161. The molecule has 2 nitrogen and oxygen atoms in total. The first kappa shape index (κ1) is 15.5. The van der Waals surface area contributed by atoms with E-state index >= 15 is 0 Å². The monoisotopic (exact) mass is 254 g/mol. The van der Waals surface area contributed by atoms with Crippen molar-refractivity contribution in [3.8, 4) is 0 Å². The van der Waals surface area contributed by atoms with Crippen LogP contribution in [-0.4, -0.2) is 36.6 Å². The van der Waals surface area contributed by atoms with Crippen LogP contribution >= 0.6 is 24.8 Å². The predicted octanol–water partition coefficient (Wildman–Crippen LogP) is 2.46. The zero-order chi connectivity index (χ0) is 9.10. The standard InChI is InChI=1S/C11H22N2.2ClH/c1-10-9-12-7-8-13(10)11-5-3-2-4-6-11;;/h10-12H,2-9H2,1H3;2*1H/t10-;;/m0../s1. The Labute approximate surface area is 106 Å². The van der Waals surface area contributed by atoms with Crippen LogP contribution < -0.4 is 5.32 Å². The fourth-order valence-corrected chi connectivity index (χ4v) is 2.81. The Morgan fingerprint density at radius 1 is 1.07 bits per heavy atom. The zero-order valence-corrected chi connectivity index (χ0v) is 11.2. The molecule has 1 saturated heterocycles. The van der Waals surface area contributed by atoms with Crippen LogP contribution in [0.2, 0.25) is 0 Å². The van der Waals surface area contributed by atoms with E-state index in [0.29, 0.717) is 0 Å². The van der Waals surface area contributed by atoms with Crippen LogP contribution in [-0.2, 0) is 0 Å². The predicted molar refractivity (Wildman–Crippen MR) is 70.4 cm³/mol. The van der Waals surface area contributed by atoms with Gasteiger partial charge in [-0.2, -0.15) is 0 Å². The van der Waals surface area contributed by atoms with Crippen LogP contribution in [0, 0.1) is 0 Å². The maximum Gasteiger partial charge on any atom is 0.0195 e. The highest BCUT2D eigenvalue weighted by Gasteiger charge is 2.26. The molecule has 0 aromatic rings. The molecule has 0 aromatic heterocycles. The number of nitrogens with zero attached hydrogens (tertiary/aromatic N) is 1. The number of nitrogens with one attached hydrogen (secondary N) is 1. The number of hydrogen-bond donors (Lipinski definition) is 1. The van der Waals surface area contributed by atoms with Crippen molar-refractivity contribution in [3.05, 3.63) is 0 Å². The molecule has 0 aromatic carbocycles. The van der Waals surface area contributed by atoms with E-state index in [2.05, 4.69) is 17.1 Å². The summed E-state index contributed by atoms with van der Waals surface area (Å²) in [5, 5.41) is 3.46. The van der Waals surface area contributed by atoms with Gasteiger partial charge in [0.05, 0.1) is 0 Å². The van der Waals surface area contributed by atoms with Crippen molar-refractivity contribution in [2.45, 2.75) is 51.1 Å². The fourth-order valence-electron chi connectivity index (χ4n) is 2.81. The molecular weight excluding hydrogens is 231 g/mol. The Balaban J connectivity index is 0.000000980. The lowest BCUT2D eigenvalue weighted by atomic mass is 9.93. The highest BCUT2D eigenvalue weighted by Crippen LogP contribution is 2.24. The summed E-state index contributed by atoms with van der Waals surface area (Å²) in [5.74, 6) is 0. The minimum atomic E-state index is 0. The van der Waals surface area contributed by atoms with Crippen LogP contribution in [0.15, 0.2) is 0 Å². The number of rotatable bonds is 1. The molecule has 1 N–H and O–H groups in total. The van der Waals surface area contributed by atoms with E-state index in [1.165, 1.54) is 51.7 Å². The lowest BCUT2D eigenvalue weighted by Crippen LogP contribution is -2.54. The van der Waals surface area contributed by atoms with Gasteiger partial charge in [-0.25, -0.2) is 0 Å². The van der Waals surface area contributed by atoms with E-state index < -0.39 is 0 Å². The minimum absolute atomic E-state index is 0. The lowest BCUT2D eigenvalue weighted by molar-refractivity contribution is 0.0914. The third kappa shape index (κ3) is 4.10. The Kier molecular flexibility index (Phi) is 7.98. The molecule has 0 amide bonds. The Hall–Kier alpha value is 0.500. The first-order valence-corrected chi connectivity index (χ1v) is 5.84. The summed E-state index contributed by atoms with van der Waals surface area (Å²) in [6.45, 7) is 6.02.